The van der Waals surface area contributed by atoms with Crippen LogP contribution in [0.15, 0.2) is 85.7 Å². The molecule has 1 heterocycles. The summed E-state index contributed by atoms with van der Waals surface area (Å²) in [5.41, 5.74) is -0.985. The van der Waals surface area contributed by atoms with Crippen molar-refractivity contribution in [2.24, 2.45) is 0 Å². The molecule has 0 radical (unpaired) electrons. The summed E-state index contributed by atoms with van der Waals surface area (Å²) >= 11 is 3.22. The van der Waals surface area contributed by atoms with Crippen LogP contribution in [-0.2, 0) is 19.3 Å². The molecule has 0 bridgehead atoms. The number of methoxy groups -OCH3 is 2. The molecule has 2 aromatic carbocycles. The Morgan fingerprint density at radius 1 is 1.09 bits per heavy atom. The van der Waals surface area contributed by atoms with Crippen LogP contribution < -0.4 is 5.56 Å². The summed E-state index contributed by atoms with van der Waals surface area (Å²) < 4.78 is 52.4. The van der Waals surface area contributed by atoms with E-state index in [1.807, 2.05) is 0 Å². The lowest BCUT2D eigenvalue weighted by atomic mass is 10.2. The highest BCUT2D eigenvalue weighted by Crippen LogP contribution is 2.35. The first kappa shape index (κ1) is 25.2. The predicted molar refractivity (Wildman–Crippen MR) is 127 cm³/mol. The quantitative estimate of drug-likeness (QED) is 0.344. The standard InChI is InChI=1S/C23H20BrFN2O6S/c1-13(32-3)19(14(2)33-4)27-21(15-5-9-17(25)10-6-15)26-22(28)20(23(27)29)34(30,31)18-11-7-16(24)8-12-18/h5-12,29H,1H2,2-4H3/b19-14-. The maximum absolute atomic E-state index is 13.5. The maximum atomic E-state index is 13.5. The highest BCUT2D eigenvalue weighted by Gasteiger charge is 2.32. The zero-order valence-electron chi connectivity index (χ0n) is 18.4. The molecule has 11 heteroatoms. The van der Waals surface area contributed by atoms with Gasteiger partial charge in [0.1, 0.15) is 23.0 Å². The van der Waals surface area contributed by atoms with E-state index in [-0.39, 0.29) is 33.5 Å². The number of aromatic nitrogens is 2. The van der Waals surface area contributed by atoms with E-state index >= 15 is 0 Å². The van der Waals surface area contributed by atoms with Crippen LogP contribution >= 0.6 is 15.9 Å². The average molecular weight is 551 g/mol. The number of nitrogens with zero attached hydrogens (tertiary/aromatic N) is 2. The van der Waals surface area contributed by atoms with Crippen molar-refractivity contribution >= 4 is 31.5 Å². The van der Waals surface area contributed by atoms with Crippen molar-refractivity contribution in [2.75, 3.05) is 14.2 Å². The van der Waals surface area contributed by atoms with Gasteiger partial charge in [0.05, 0.1) is 19.1 Å². The fourth-order valence-electron chi connectivity index (χ4n) is 3.14. The van der Waals surface area contributed by atoms with Crippen LogP contribution in [0.25, 0.3) is 17.1 Å². The van der Waals surface area contributed by atoms with Gasteiger partial charge in [-0.1, -0.05) is 22.5 Å². The first-order valence-corrected chi connectivity index (χ1v) is 11.9. The summed E-state index contributed by atoms with van der Waals surface area (Å²) in [5.74, 6) is -1.51. The Kier molecular flexibility index (Phi) is 7.27. The summed E-state index contributed by atoms with van der Waals surface area (Å²) in [6.07, 6.45) is 0. The van der Waals surface area contributed by atoms with E-state index in [0.29, 0.717) is 4.47 Å². The molecular weight excluding hydrogens is 531 g/mol. The normalized spacial score (nSPS) is 12.1. The highest BCUT2D eigenvalue weighted by molar-refractivity contribution is 9.10. The molecular formula is C23H20BrFN2O6S. The second-order valence-electron chi connectivity index (χ2n) is 6.93. The van der Waals surface area contributed by atoms with Crippen LogP contribution in [0.1, 0.15) is 6.92 Å². The fraction of sp³-hybridized carbons (Fsp3) is 0.130. The Labute approximate surface area is 203 Å². The third-order valence-electron chi connectivity index (χ3n) is 4.90. The zero-order chi connectivity index (χ0) is 25.2. The van der Waals surface area contributed by atoms with Gasteiger partial charge < -0.3 is 14.6 Å². The Morgan fingerprint density at radius 3 is 2.21 bits per heavy atom. The van der Waals surface area contributed by atoms with Crippen molar-refractivity contribution < 1.29 is 27.4 Å². The number of aromatic hydroxyl groups is 1. The van der Waals surface area contributed by atoms with E-state index in [4.69, 9.17) is 9.47 Å². The number of hydrogen-bond acceptors (Lipinski definition) is 7. The molecule has 3 rings (SSSR count). The molecule has 0 fully saturated rings. The molecule has 0 atom stereocenters. The zero-order valence-corrected chi connectivity index (χ0v) is 20.8. The molecule has 0 saturated carbocycles. The van der Waals surface area contributed by atoms with E-state index in [2.05, 4.69) is 27.5 Å². The molecule has 178 valence electrons. The second kappa shape index (κ2) is 9.82. The first-order valence-electron chi connectivity index (χ1n) is 9.64. The molecule has 0 unspecified atom stereocenters. The molecule has 0 aliphatic heterocycles. The van der Waals surface area contributed by atoms with Gasteiger partial charge in [-0.05, 0) is 55.5 Å². The van der Waals surface area contributed by atoms with Crippen LogP contribution in [0.5, 0.6) is 5.88 Å². The second-order valence-corrected chi connectivity index (χ2v) is 9.73. The number of sulfone groups is 1. The van der Waals surface area contributed by atoms with Gasteiger partial charge in [-0.3, -0.25) is 9.36 Å². The number of rotatable bonds is 7. The summed E-state index contributed by atoms with van der Waals surface area (Å²) in [5, 5.41) is 11.3. The molecule has 34 heavy (non-hydrogen) atoms. The molecule has 0 aliphatic rings. The molecule has 1 N–H and O–H groups in total. The predicted octanol–water partition coefficient (Wildman–Crippen LogP) is 4.35. The van der Waals surface area contributed by atoms with Gasteiger partial charge in [0.25, 0.3) is 5.56 Å². The minimum Gasteiger partial charge on any atom is -0.499 e. The first-order chi connectivity index (χ1) is 16.0. The molecule has 3 aromatic rings. The number of ether oxygens (including phenoxy) is 2. The van der Waals surface area contributed by atoms with Crippen molar-refractivity contribution in [3.8, 4) is 17.3 Å². The molecule has 0 amide bonds. The van der Waals surface area contributed by atoms with E-state index in [1.165, 1.54) is 57.5 Å². The summed E-state index contributed by atoms with van der Waals surface area (Å²) in [6.45, 7) is 5.30. The lowest BCUT2D eigenvalue weighted by Crippen LogP contribution is -2.24. The Morgan fingerprint density at radius 2 is 1.68 bits per heavy atom. The van der Waals surface area contributed by atoms with Crippen LogP contribution in [0, 0.1) is 5.82 Å². The minimum atomic E-state index is -4.50. The van der Waals surface area contributed by atoms with Crippen molar-refractivity contribution in [1.82, 2.24) is 9.55 Å². The highest BCUT2D eigenvalue weighted by atomic mass is 79.9. The third-order valence-corrected chi connectivity index (χ3v) is 7.21. The maximum Gasteiger partial charge on any atom is 0.296 e. The van der Waals surface area contributed by atoms with Gasteiger partial charge in [-0.15, -0.1) is 0 Å². The third kappa shape index (κ3) is 4.62. The van der Waals surface area contributed by atoms with Gasteiger partial charge in [0, 0.05) is 10.0 Å². The smallest absolute Gasteiger partial charge is 0.296 e. The Balaban J connectivity index is 2.48. The van der Waals surface area contributed by atoms with E-state index in [0.717, 1.165) is 16.7 Å². The minimum absolute atomic E-state index is 0.00146. The fourth-order valence-corrected chi connectivity index (χ4v) is 4.74. The number of hydrogen-bond donors (Lipinski definition) is 1. The van der Waals surface area contributed by atoms with Crippen molar-refractivity contribution in [3.63, 3.8) is 0 Å². The Hall–Kier alpha value is -3.44. The molecule has 0 saturated heterocycles. The number of allylic oxidation sites excluding steroid dienone is 2. The van der Waals surface area contributed by atoms with Gasteiger partial charge in [0.15, 0.2) is 10.7 Å². The molecule has 0 aliphatic carbocycles. The van der Waals surface area contributed by atoms with E-state index in [9.17, 15) is 22.7 Å². The van der Waals surface area contributed by atoms with Crippen LogP contribution in [0.3, 0.4) is 0 Å². The van der Waals surface area contributed by atoms with Crippen LogP contribution in [-0.4, -0.2) is 37.3 Å². The molecule has 0 spiro atoms. The molecule has 8 nitrogen and oxygen atoms in total. The van der Waals surface area contributed by atoms with Gasteiger partial charge in [0.2, 0.25) is 15.7 Å². The van der Waals surface area contributed by atoms with Crippen LogP contribution in [0.4, 0.5) is 4.39 Å². The van der Waals surface area contributed by atoms with Crippen molar-refractivity contribution in [3.05, 3.63) is 87.3 Å². The number of halogens is 2. The number of benzene rings is 2. The SMILES string of the molecule is C=C(OC)/C(=C(\C)OC)n1c(-c2ccc(F)cc2)nc(=O)c(S(=O)(=O)c2ccc(Br)cc2)c1O. The van der Waals surface area contributed by atoms with Crippen LogP contribution in [0.2, 0.25) is 0 Å². The Bertz CT molecular complexity index is 1450. The van der Waals surface area contributed by atoms with Gasteiger partial charge >= 0.3 is 0 Å². The van der Waals surface area contributed by atoms with Crippen molar-refractivity contribution in [1.29, 1.82) is 0 Å². The summed E-state index contributed by atoms with van der Waals surface area (Å²) in [6, 6.07) is 10.4. The van der Waals surface area contributed by atoms with Gasteiger partial charge in [-0.25, -0.2) is 12.8 Å². The van der Waals surface area contributed by atoms with Crippen molar-refractivity contribution in [2.45, 2.75) is 16.7 Å². The van der Waals surface area contributed by atoms with E-state index in [1.54, 1.807) is 0 Å². The van der Waals surface area contributed by atoms with E-state index < -0.39 is 32.0 Å². The van der Waals surface area contributed by atoms with Gasteiger partial charge in [-0.2, -0.15) is 4.98 Å². The summed E-state index contributed by atoms with van der Waals surface area (Å²) in [7, 11) is -1.84. The lowest BCUT2D eigenvalue weighted by molar-refractivity contribution is 0.277. The lowest BCUT2D eigenvalue weighted by Gasteiger charge is -2.22. The largest absolute Gasteiger partial charge is 0.499 e. The summed E-state index contributed by atoms with van der Waals surface area (Å²) in [4.78, 5) is 15.8. The topological polar surface area (TPSA) is 108 Å². The average Bonchev–Trinajstić information content (AvgIpc) is 2.80. The monoisotopic (exact) mass is 550 g/mol. The molecule has 1 aromatic heterocycles.